The van der Waals surface area contributed by atoms with Crippen LogP contribution in [0.3, 0.4) is 0 Å². The van der Waals surface area contributed by atoms with Crippen molar-refractivity contribution < 1.29 is 4.74 Å². The molecule has 172 valence electrons. The Hall–Kier alpha value is -2.74. The Kier molecular flexibility index (Phi) is 6.71. The summed E-state index contributed by atoms with van der Waals surface area (Å²) < 4.78 is 7.78. The van der Waals surface area contributed by atoms with E-state index in [1.165, 1.54) is 11.3 Å². The molecule has 2 aliphatic rings. The lowest BCUT2D eigenvalue weighted by molar-refractivity contribution is 0.0365. The predicted octanol–water partition coefficient (Wildman–Crippen LogP) is 3.88. The molecule has 3 aromatic rings. The molecule has 6 nitrogen and oxygen atoms in total. The summed E-state index contributed by atoms with van der Waals surface area (Å²) in [5.41, 5.74) is 4.64. The van der Waals surface area contributed by atoms with Crippen LogP contribution in [0.2, 0.25) is 0 Å². The number of hydrogen-bond donors (Lipinski definition) is 1. The van der Waals surface area contributed by atoms with Gasteiger partial charge in [0, 0.05) is 50.0 Å². The molecule has 0 bridgehead atoms. The second-order valence-corrected chi connectivity index (χ2v) is 9.15. The largest absolute Gasteiger partial charge is 0.379 e. The van der Waals surface area contributed by atoms with Crippen LogP contribution in [-0.2, 0) is 4.74 Å². The summed E-state index contributed by atoms with van der Waals surface area (Å²) in [4.78, 5) is 9.52. The van der Waals surface area contributed by atoms with Gasteiger partial charge in [-0.2, -0.15) is 0 Å². The maximum Gasteiger partial charge on any atom is 0.170 e. The van der Waals surface area contributed by atoms with Crippen LogP contribution in [-0.4, -0.2) is 63.9 Å². The van der Waals surface area contributed by atoms with Gasteiger partial charge in [-0.25, -0.2) is 0 Å². The summed E-state index contributed by atoms with van der Waals surface area (Å²) in [5, 5.41) is 4.38. The number of rotatable bonds is 7. The lowest BCUT2D eigenvalue weighted by atomic mass is 10.0. The van der Waals surface area contributed by atoms with Gasteiger partial charge < -0.3 is 19.5 Å². The Balaban J connectivity index is 1.44. The van der Waals surface area contributed by atoms with Gasteiger partial charge in [0.2, 0.25) is 0 Å². The lowest BCUT2D eigenvalue weighted by Crippen LogP contribution is -2.39. The van der Waals surface area contributed by atoms with E-state index in [2.05, 4.69) is 80.3 Å². The van der Waals surface area contributed by atoms with Crippen molar-refractivity contribution in [1.29, 1.82) is 0 Å². The number of nitrogens with zero attached hydrogens (tertiary/aromatic N) is 4. The quantitative estimate of drug-likeness (QED) is 0.539. The van der Waals surface area contributed by atoms with Crippen molar-refractivity contribution in [2.75, 3.05) is 39.4 Å². The highest BCUT2D eigenvalue weighted by Gasteiger charge is 2.41. The fraction of sp³-hybridized carbons (Fsp3) is 0.385. The van der Waals surface area contributed by atoms with Crippen molar-refractivity contribution in [2.45, 2.75) is 25.4 Å². The fourth-order valence-electron chi connectivity index (χ4n) is 4.83. The average molecular weight is 462 g/mol. The minimum atomic E-state index is 0.00110. The minimum absolute atomic E-state index is 0.00110. The maximum atomic E-state index is 5.86. The van der Waals surface area contributed by atoms with Crippen LogP contribution in [0.25, 0.3) is 5.69 Å². The maximum absolute atomic E-state index is 5.86. The monoisotopic (exact) mass is 461 g/mol. The van der Waals surface area contributed by atoms with Gasteiger partial charge in [0.05, 0.1) is 31.0 Å². The highest BCUT2D eigenvalue weighted by Crippen LogP contribution is 2.39. The molecule has 2 saturated heterocycles. The van der Waals surface area contributed by atoms with E-state index in [0.29, 0.717) is 0 Å². The van der Waals surface area contributed by atoms with E-state index in [9.17, 15) is 0 Å². The van der Waals surface area contributed by atoms with Crippen molar-refractivity contribution in [1.82, 2.24) is 24.7 Å². The third-order valence-electron chi connectivity index (χ3n) is 6.57. The molecule has 1 aromatic carbocycles. The number of nitrogens with one attached hydrogen (secondary N) is 1. The first-order valence-corrected chi connectivity index (χ1v) is 12.1. The van der Waals surface area contributed by atoms with Crippen molar-refractivity contribution in [2.24, 2.45) is 0 Å². The highest BCUT2D eigenvalue weighted by atomic mass is 32.1. The minimum Gasteiger partial charge on any atom is -0.379 e. The molecule has 0 amide bonds. The summed E-state index contributed by atoms with van der Waals surface area (Å²) in [6.07, 6.45) is 5.05. The lowest BCUT2D eigenvalue weighted by Gasteiger charge is -2.31. The number of morpholine rings is 1. The molecule has 0 saturated carbocycles. The van der Waals surface area contributed by atoms with Crippen molar-refractivity contribution in [3.63, 3.8) is 0 Å². The topological polar surface area (TPSA) is 45.6 Å². The zero-order valence-electron chi connectivity index (χ0n) is 19.1. The molecule has 5 rings (SSSR count). The van der Waals surface area contributed by atoms with Gasteiger partial charge in [-0.1, -0.05) is 23.8 Å². The summed E-state index contributed by atoms with van der Waals surface area (Å²) in [6.45, 7) is 7.76. The van der Waals surface area contributed by atoms with Gasteiger partial charge in [-0.05, 0) is 62.0 Å². The second-order valence-electron chi connectivity index (χ2n) is 8.77. The van der Waals surface area contributed by atoms with Crippen molar-refractivity contribution in [3.05, 3.63) is 83.9 Å². The number of hydrogen-bond acceptors (Lipinski definition) is 4. The van der Waals surface area contributed by atoms with Crippen molar-refractivity contribution in [3.8, 4) is 5.69 Å². The molecular formula is C26H31N5OS. The van der Waals surface area contributed by atoms with Crippen molar-refractivity contribution >= 4 is 17.3 Å². The SMILES string of the molecule is Cc1ccc(-n2cccc2C2C(c3ccccn3)NC(=S)N2CCCN2CCOCC2)cc1. The third kappa shape index (κ3) is 4.81. The van der Waals surface area contributed by atoms with Gasteiger partial charge in [-0.3, -0.25) is 9.88 Å². The van der Waals surface area contributed by atoms with E-state index in [0.717, 1.165) is 62.3 Å². The first-order chi connectivity index (χ1) is 16.2. The zero-order chi connectivity index (χ0) is 22.6. The number of aryl methyl sites for hydroxylation is 1. The Labute approximate surface area is 201 Å². The van der Waals surface area contributed by atoms with E-state index in [4.69, 9.17) is 17.0 Å². The molecule has 2 fully saturated rings. The van der Waals surface area contributed by atoms with Crippen LogP contribution in [0, 0.1) is 6.92 Å². The van der Waals surface area contributed by atoms with E-state index in [1.54, 1.807) is 0 Å². The number of aromatic nitrogens is 2. The van der Waals surface area contributed by atoms with Crippen LogP contribution in [0.15, 0.2) is 67.0 Å². The Bertz CT molecular complexity index is 1060. The van der Waals surface area contributed by atoms with Gasteiger partial charge in [0.25, 0.3) is 0 Å². The number of benzene rings is 1. The molecule has 2 atom stereocenters. The van der Waals surface area contributed by atoms with E-state index in [1.807, 2.05) is 18.3 Å². The molecule has 2 aromatic heterocycles. The Morgan fingerprint density at radius 1 is 1.03 bits per heavy atom. The van der Waals surface area contributed by atoms with Gasteiger partial charge >= 0.3 is 0 Å². The first-order valence-electron chi connectivity index (χ1n) is 11.7. The summed E-state index contributed by atoms with van der Waals surface area (Å²) in [5.74, 6) is 0. The molecule has 1 N–H and O–H groups in total. The first kappa shape index (κ1) is 22.1. The molecule has 0 radical (unpaired) electrons. The molecular weight excluding hydrogens is 430 g/mol. The van der Waals surface area contributed by atoms with Gasteiger partial charge in [0.15, 0.2) is 5.11 Å². The highest BCUT2D eigenvalue weighted by molar-refractivity contribution is 7.80. The summed E-state index contributed by atoms with van der Waals surface area (Å²) in [7, 11) is 0. The Morgan fingerprint density at radius 3 is 2.61 bits per heavy atom. The predicted molar refractivity (Wildman–Crippen MR) is 135 cm³/mol. The average Bonchev–Trinajstić information content (AvgIpc) is 3.45. The Morgan fingerprint density at radius 2 is 1.85 bits per heavy atom. The summed E-state index contributed by atoms with van der Waals surface area (Å²) in [6, 6.07) is 19.2. The van der Waals surface area contributed by atoms with Crippen LogP contribution in [0.1, 0.15) is 35.5 Å². The normalized spacial score (nSPS) is 21.4. The van der Waals surface area contributed by atoms with E-state index in [-0.39, 0.29) is 12.1 Å². The molecule has 0 aliphatic carbocycles. The zero-order valence-corrected chi connectivity index (χ0v) is 19.9. The number of ether oxygens (including phenoxy) is 1. The number of pyridine rings is 1. The van der Waals surface area contributed by atoms with Crippen LogP contribution in [0.5, 0.6) is 0 Å². The van der Waals surface area contributed by atoms with Crippen LogP contribution in [0.4, 0.5) is 0 Å². The molecule has 0 spiro atoms. The van der Waals surface area contributed by atoms with Gasteiger partial charge in [-0.15, -0.1) is 0 Å². The van der Waals surface area contributed by atoms with E-state index >= 15 is 0 Å². The third-order valence-corrected chi connectivity index (χ3v) is 6.92. The van der Waals surface area contributed by atoms with E-state index < -0.39 is 0 Å². The fourth-order valence-corrected chi connectivity index (χ4v) is 5.16. The molecule has 7 heteroatoms. The molecule has 33 heavy (non-hydrogen) atoms. The molecule has 2 aliphatic heterocycles. The number of thiocarbonyl (C=S) groups is 1. The van der Waals surface area contributed by atoms with Crippen LogP contribution >= 0.6 is 12.2 Å². The summed E-state index contributed by atoms with van der Waals surface area (Å²) >= 11 is 5.86. The standard InChI is InChI=1S/C26H31N5OS/c1-20-8-10-21(11-9-20)30-14-4-7-23(30)25-24(22-6-2-3-12-27-22)28-26(33)31(25)15-5-13-29-16-18-32-19-17-29/h2-4,6-12,14,24-25H,5,13,15-19H2,1H3,(H,28,33). The second kappa shape index (κ2) is 10.0. The smallest absolute Gasteiger partial charge is 0.170 e. The van der Waals surface area contributed by atoms with Crippen LogP contribution < -0.4 is 5.32 Å². The molecule has 4 heterocycles. The van der Waals surface area contributed by atoms with Gasteiger partial charge in [0.1, 0.15) is 0 Å². The molecule has 2 unspecified atom stereocenters.